The third kappa shape index (κ3) is 2.77. The van der Waals surface area contributed by atoms with Crippen LogP contribution in [0.3, 0.4) is 0 Å². The van der Waals surface area contributed by atoms with Crippen LogP contribution in [0.5, 0.6) is 0 Å². The average Bonchev–Trinajstić information content (AvgIpc) is 2.82. The number of rotatable bonds is 5. The van der Waals surface area contributed by atoms with E-state index in [0.717, 1.165) is 25.7 Å². The lowest BCUT2D eigenvalue weighted by Crippen LogP contribution is -2.61. The van der Waals surface area contributed by atoms with Gasteiger partial charge in [-0.25, -0.2) is 9.59 Å². The van der Waals surface area contributed by atoms with Gasteiger partial charge in [-0.3, -0.25) is 0 Å². The van der Waals surface area contributed by atoms with Gasteiger partial charge in [0, 0.05) is 0 Å². The molecule has 98 valence electrons. The molecule has 2 N–H and O–H groups in total. The van der Waals surface area contributed by atoms with Crippen molar-refractivity contribution in [3.63, 3.8) is 0 Å². The van der Waals surface area contributed by atoms with Crippen LogP contribution in [0.1, 0.15) is 39.5 Å². The van der Waals surface area contributed by atoms with E-state index in [-0.39, 0.29) is 19.1 Å². The second kappa shape index (κ2) is 6.00. The lowest BCUT2D eigenvalue weighted by molar-refractivity contribution is -0.167. The van der Waals surface area contributed by atoms with Gasteiger partial charge in [-0.05, 0) is 32.6 Å². The predicted octanol–water partition coefficient (Wildman–Crippen LogP) is 1.00. The van der Waals surface area contributed by atoms with Crippen LogP contribution in [0.15, 0.2) is 0 Å². The van der Waals surface area contributed by atoms with Crippen LogP contribution in [0.2, 0.25) is 0 Å². The molecule has 0 saturated heterocycles. The molecule has 0 amide bonds. The minimum absolute atomic E-state index is 0.166. The SMILES string of the molecule is CCOC(=O)C(N)(C(=O)OCC)C1CCCC1. The van der Waals surface area contributed by atoms with E-state index in [1.54, 1.807) is 13.8 Å². The first-order chi connectivity index (χ1) is 8.07. The van der Waals surface area contributed by atoms with Crippen LogP contribution in [0.25, 0.3) is 0 Å². The minimum atomic E-state index is -1.62. The molecule has 0 aromatic heterocycles. The Kier molecular flexibility index (Phi) is 4.93. The van der Waals surface area contributed by atoms with Crippen molar-refractivity contribution in [2.75, 3.05) is 13.2 Å². The summed E-state index contributed by atoms with van der Waals surface area (Å²) in [6.07, 6.45) is 3.52. The van der Waals surface area contributed by atoms with Gasteiger partial charge >= 0.3 is 11.9 Å². The number of carbonyl (C=O) groups excluding carboxylic acids is 2. The van der Waals surface area contributed by atoms with Gasteiger partial charge in [-0.1, -0.05) is 12.8 Å². The molecule has 1 rings (SSSR count). The van der Waals surface area contributed by atoms with Gasteiger partial charge in [-0.2, -0.15) is 0 Å². The fraction of sp³-hybridized carbons (Fsp3) is 0.833. The van der Waals surface area contributed by atoms with Crippen LogP contribution in [0.4, 0.5) is 0 Å². The second-order valence-electron chi connectivity index (χ2n) is 4.29. The smallest absolute Gasteiger partial charge is 0.338 e. The zero-order valence-corrected chi connectivity index (χ0v) is 10.5. The molecule has 0 aromatic rings. The Morgan fingerprint density at radius 3 is 1.88 bits per heavy atom. The molecule has 0 heterocycles. The van der Waals surface area contributed by atoms with Crippen molar-refractivity contribution in [3.8, 4) is 0 Å². The molecule has 0 aromatic carbocycles. The highest BCUT2D eigenvalue weighted by Gasteiger charge is 2.52. The van der Waals surface area contributed by atoms with E-state index in [2.05, 4.69) is 0 Å². The lowest BCUT2D eigenvalue weighted by Gasteiger charge is -2.30. The van der Waals surface area contributed by atoms with E-state index >= 15 is 0 Å². The summed E-state index contributed by atoms with van der Waals surface area (Å²) in [4.78, 5) is 23.8. The molecule has 5 heteroatoms. The van der Waals surface area contributed by atoms with Crippen molar-refractivity contribution >= 4 is 11.9 Å². The number of esters is 2. The molecule has 0 bridgehead atoms. The van der Waals surface area contributed by atoms with Gasteiger partial charge in [0.25, 0.3) is 0 Å². The van der Waals surface area contributed by atoms with Gasteiger partial charge < -0.3 is 15.2 Å². The molecule has 0 atom stereocenters. The molecule has 0 radical (unpaired) electrons. The van der Waals surface area contributed by atoms with Crippen molar-refractivity contribution in [3.05, 3.63) is 0 Å². The van der Waals surface area contributed by atoms with Gasteiger partial charge in [0.05, 0.1) is 13.2 Å². The molecule has 1 aliphatic carbocycles. The molecule has 0 unspecified atom stereocenters. The molecule has 1 aliphatic rings. The zero-order chi connectivity index (χ0) is 12.9. The maximum atomic E-state index is 11.9. The van der Waals surface area contributed by atoms with Crippen molar-refractivity contribution < 1.29 is 19.1 Å². The molecule has 5 nitrogen and oxygen atoms in total. The molecule has 0 aliphatic heterocycles. The van der Waals surface area contributed by atoms with E-state index in [1.165, 1.54) is 0 Å². The van der Waals surface area contributed by atoms with Crippen molar-refractivity contribution in [1.29, 1.82) is 0 Å². The summed E-state index contributed by atoms with van der Waals surface area (Å²) in [5.41, 5.74) is 4.39. The third-order valence-corrected chi connectivity index (χ3v) is 3.23. The van der Waals surface area contributed by atoms with Crippen LogP contribution >= 0.6 is 0 Å². The number of hydrogen-bond donors (Lipinski definition) is 1. The number of carbonyl (C=O) groups is 2. The highest BCUT2D eigenvalue weighted by Crippen LogP contribution is 2.34. The average molecular weight is 243 g/mol. The fourth-order valence-corrected chi connectivity index (χ4v) is 2.30. The Labute approximate surface area is 102 Å². The zero-order valence-electron chi connectivity index (χ0n) is 10.5. The van der Waals surface area contributed by atoms with Crippen molar-refractivity contribution in [2.45, 2.75) is 45.1 Å². The summed E-state index contributed by atoms with van der Waals surface area (Å²) in [5, 5.41) is 0. The summed E-state index contributed by atoms with van der Waals surface area (Å²) in [6.45, 7) is 3.81. The van der Waals surface area contributed by atoms with Crippen LogP contribution in [-0.2, 0) is 19.1 Å². The highest BCUT2D eigenvalue weighted by molar-refractivity contribution is 6.05. The highest BCUT2D eigenvalue weighted by atomic mass is 16.6. The summed E-state index contributed by atoms with van der Waals surface area (Å²) >= 11 is 0. The van der Waals surface area contributed by atoms with Gasteiger partial charge in [0.15, 0.2) is 0 Å². The minimum Gasteiger partial charge on any atom is -0.464 e. The largest absolute Gasteiger partial charge is 0.464 e. The monoisotopic (exact) mass is 243 g/mol. The van der Waals surface area contributed by atoms with E-state index in [0.29, 0.717) is 0 Å². The topological polar surface area (TPSA) is 78.6 Å². The maximum Gasteiger partial charge on any atom is 0.338 e. The molecular weight excluding hydrogens is 222 g/mol. The quantitative estimate of drug-likeness (QED) is 0.575. The maximum absolute atomic E-state index is 11.9. The summed E-state index contributed by atoms with van der Waals surface area (Å²) in [7, 11) is 0. The van der Waals surface area contributed by atoms with Crippen LogP contribution in [0, 0.1) is 5.92 Å². The normalized spacial score (nSPS) is 16.9. The molecule has 17 heavy (non-hydrogen) atoms. The predicted molar refractivity (Wildman–Crippen MR) is 62.1 cm³/mol. The molecule has 1 fully saturated rings. The standard InChI is InChI=1S/C12H21NO4/c1-3-16-10(14)12(13,11(15)17-4-2)9-7-5-6-8-9/h9H,3-8,13H2,1-2H3. The number of hydrogen-bond acceptors (Lipinski definition) is 5. The second-order valence-corrected chi connectivity index (χ2v) is 4.29. The third-order valence-electron chi connectivity index (χ3n) is 3.23. The van der Waals surface area contributed by atoms with Gasteiger partial charge in [0.1, 0.15) is 0 Å². The Morgan fingerprint density at radius 2 is 1.53 bits per heavy atom. The fourth-order valence-electron chi connectivity index (χ4n) is 2.30. The van der Waals surface area contributed by atoms with Gasteiger partial charge in [0.2, 0.25) is 5.54 Å². The van der Waals surface area contributed by atoms with E-state index < -0.39 is 17.5 Å². The first-order valence-corrected chi connectivity index (χ1v) is 6.20. The number of nitrogens with two attached hydrogens (primary N) is 1. The molecule has 1 saturated carbocycles. The molecule has 0 spiro atoms. The van der Waals surface area contributed by atoms with E-state index in [4.69, 9.17) is 15.2 Å². The Bertz CT molecular complexity index is 266. The molecular formula is C12H21NO4. The van der Waals surface area contributed by atoms with Crippen LogP contribution < -0.4 is 5.73 Å². The Balaban J connectivity index is 2.89. The first kappa shape index (κ1) is 14.0. The summed E-state index contributed by atoms with van der Waals surface area (Å²) < 4.78 is 9.84. The lowest BCUT2D eigenvalue weighted by atomic mass is 9.83. The summed E-state index contributed by atoms with van der Waals surface area (Å²) in [5.74, 6) is -1.49. The summed E-state index contributed by atoms with van der Waals surface area (Å²) in [6, 6.07) is 0. The Morgan fingerprint density at radius 1 is 1.12 bits per heavy atom. The van der Waals surface area contributed by atoms with E-state index in [9.17, 15) is 9.59 Å². The van der Waals surface area contributed by atoms with E-state index in [1.807, 2.05) is 0 Å². The first-order valence-electron chi connectivity index (χ1n) is 6.20. The van der Waals surface area contributed by atoms with Crippen LogP contribution in [-0.4, -0.2) is 30.7 Å². The van der Waals surface area contributed by atoms with Crippen molar-refractivity contribution in [1.82, 2.24) is 0 Å². The van der Waals surface area contributed by atoms with Gasteiger partial charge in [-0.15, -0.1) is 0 Å². The van der Waals surface area contributed by atoms with Crippen molar-refractivity contribution in [2.24, 2.45) is 11.7 Å². The number of ether oxygens (including phenoxy) is 2. The Hall–Kier alpha value is -1.10.